The van der Waals surface area contributed by atoms with E-state index in [4.69, 9.17) is 0 Å². The zero-order valence-corrected chi connectivity index (χ0v) is 17.9. The van der Waals surface area contributed by atoms with Gasteiger partial charge in [0.2, 0.25) is 11.8 Å². The van der Waals surface area contributed by atoms with E-state index in [1.807, 2.05) is 25.3 Å². The van der Waals surface area contributed by atoms with Crippen LogP contribution < -0.4 is 16.0 Å². The highest BCUT2D eigenvalue weighted by Gasteiger charge is 2.16. The molecule has 0 aliphatic carbocycles. The lowest BCUT2D eigenvalue weighted by molar-refractivity contribution is -0.125. The molecule has 0 fully saturated rings. The third-order valence-corrected chi connectivity index (χ3v) is 5.08. The van der Waals surface area contributed by atoms with Gasteiger partial charge in [-0.1, -0.05) is 44.2 Å². The molecule has 3 N–H and O–H groups in total. The Kier molecular flexibility index (Phi) is 8.67. The van der Waals surface area contributed by atoms with E-state index in [0.29, 0.717) is 5.92 Å². The molecule has 2 aromatic rings. The number of carbonyl (C=O) groups excluding carboxylic acids is 2. The zero-order chi connectivity index (χ0) is 20.5. The Bertz CT molecular complexity index is 740. The smallest absolute Gasteiger partial charge is 0.239 e. The molecule has 1 heterocycles. The highest BCUT2D eigenvalue weighted by atomic mass is 32.1. The van der Waals surface area contributed by atoms with Crippen molar-refractivity contribution in [1.29, 1.82) is 0 Å². The molecule has 5 nitrogen and oxygen atoms in total. The summed E-state index contributed by atoms with van der Waals surface area (Å²) in [6, 6.07) is 12.7. The molecule has 0 saturated carbocycles. The van der Waals surface area contributed by atoms with Crippen LogP contribution in [0.2, 0.25) is 0 Å². The lowest BCUT2D eigenvalue weighted by atomic mass is 9.99. The monoisotopic (exact) mass is 401 g/mol. The topological polar surface area (TPSA) is 70.2 Å². The molecular formula is C22H31N3O2S. The summed E-state index contributed by atoms with van der Waals surface area (Å²) in [6.45, 7) is 8.34. The molecule has 152 valence electrons. The minimum Gasteiger partial charge on any atom is -0.352 e. The van der Waals surface area contributed by atoms with Crippen molar-refractivity contribution in [1.82, 2.24) is 16.0 Å². The third kappa shape index (κ3) is 7.44. The van der Waals surface area contributed by atoms with E-state index in [1.54, 1.807) is 11.3 Å². The van der Waals surface area contributed by atoms with Gasteiger partial charge < -0.3 is 10.6 Å². The molecule has 0 saturated heterocycles. The van der Waals surface area contributed by atoms with Crippen LogP contribution in [0, 0.1) is 5.92 Å². The van der Waals surface area contributed by atoms with Gasteiger partial charge in [0.15, 0.2) is 0 Å². The van der Waals surface area contributed by atoms with Gasteiger partial charge in [-0.2, -0.15) is 0 Å². The molecule has 28 heavy (non-hydrogen) atoms. The van der Waals surface area contributed by atoms with Crippen molar-refractivity contribution in [3.8, 4) is 0 Å². The van der Waals surface area contributed by atoms with Gasteiger partial charge in [-0.15, -0.1) is 11.3 Å². The summed E-state index contributed by atoms with van der Waals surface area (Å²) < 4.78 is 0. The molecule has 6 heteroatoms. The first kappa shape index (κ1) is 22.1. The van der Waals surface area contributed by atoms with E-state index in [-0.39, 0.29) is 37.0 Å². The number of hydrogen-bond donors (Lipinski definition) is 3. The molecule has 2 amide bonds. The molecule has 0 unspecified atom stereocenters. The molecule has 0 radical (unpaired) electrons. The lowest BCUT2D eigenvalue weighted by Crippen LogP contribution is -2.43. The highest BCUT2D eigenvalue weighted by molar-refractivity contribution is 7.10. The van der Waals surface area contributed by atoms with Gasteiger partial charge in [0, 0.05) is 10.9 Å². The average molecular weight is 402 g/mol. The summed E-state index contributed by atoms with van der Waals surface area (Å²) in [5, 5.41) is 10.8. The van der Waals surface area contributed by atoms with E-state index in [2.05, 4.69) is 60.1 Å². The largest absolute Gasteiger partial charge is 0.352 e. The molecule has 1 aromatic carbocycles. The van der Waals surface area contributed by atoms with Crippen molar-refractivity contribution in [2.24, 2.45) is 5.92 Å². The van der Waals surface area contributed by atoms with Crippen LogP contribution in [0.4, 0.5) is 0 Å². The first-order chi connectivity index (χ1) is 13.3. The second-order valence-corrected chi connectivity index (χ2v) is 8.65. The van der Waals surface area contributed by atoms with Gasteiger partial charge in [-0.25, -0.2) is 0 Å². The molecular weight excluding hydrogens is 370 g/mol. The maximum Gasteiger partial charge on any atom is 0.239 e. The zero-order valence-electron chi connectivity index (χ0n) is 17.1. The van der Waals surface area contributed by atoms with E-state index < -0.39 is 0 Å². The van der Waals surface area contributed by atoms with Crippen molar-refractivity contribution in [3.63, 3.8) is 0 Å². The fraction of sp³-hybridized carbons (Fsp3) is 0.455. The Morgan fingerprint density at radius 3 is 2.25 bits per heavy atom. The first-order valence-electron chi connectivity index (χ1n) is 9.76. The van der Waals surface area contributed by atoms with Gasteiger partial charge in [-0.3, -0.25) is 14.9 Å². The van der Waals surface area contributed by atoms with Crippen LogP contribution in [-0.4, -0.2) is 30.9 Å². The van der Waals surface area contributed by atoms with E-state index in [9.17, 15) is 9.59 Å². The third-order valence-electron chi connectivity index (χ3n) is 4.15. The summed E-state index contributed by atoms with van der Waals surface area (Å²) in [6.07, 6.45) is 1.05. The number of nitrogens with one attached hydrogen (secondary N) is 3. The second kappa shape index (κ2) is 11.0. The van der Waals surface area contributed by atoms with Crippen molar-refractivity contribution in [2.75, 3.05) is 13.1 Å². The number of carbonyl (C=O) groups is 2. The highest BCUT2D eigenvalue weighted by Crippen LogP contribution is 2.26. The van der Waals surface area contributed by atoms with E-state index >= 15 is 0 Å². The van der Waals surface area contributed by atoms with Gasteiger partial charge in [0.05, 0.1) is 19.1 Å². The molecule has 1 atom stereocenters. The minimum absolute atomic E-state index is 0.00768. The standard InChI is InChI=1S/C22H31N3O2S/c1-15(2)12-17-7-9-18(10-8-17)22(19-6-5-11-28-19)24-13-20(26)23-14-21(27)25-16(3)4/h5-11,15-16,22,24H,12-14H2,1-4H3,(H,23,26)(H,25,27)/t22-/m1/s1. The molecule has 0 aliphatic heterocycles. The molecule has 2 rings (SSSR count). The number of benzene rings is 1. The average Bonchev–Trinajstić information content (AvgIpc) is 3.15. The van der Waals surface area contributed by atoms with Gasteiger partial charge in [0.25, 0.3) is 0 Å². The van der Waals surface area contributed by atoms with Crippen LogP contribution in [0.1, 0.15) is 49.7 Å². The number of amides is 2. The molecule has 0 bridgehead atoms. The summed E-state index contributed by atoms with van der Waals surface area (Å²) in [4.78, 5) is 25.0. The quantitative estimate of drug-likeness (QED) is 0.572. The Morgan fingerprint density at radius 2 is 1.68 bits per heavy atom. The Hall–Kier alpha value is -2.18. The van der Waals surface area contributed by atoms with E-state index in [1.165, 1.54) is 5.56 Å². The molecule has 0 spiro atoms. The van der Waals surface area contributed by atoms with Crippen LogP contribution in [0.15, 0.2) is 41.8 Å². The van der Waals surface area contributed by atoms with Gasteiger partial charge in [-0.05, 0) is 48.8 Å². The molecule has 1 aromatic heterocycles. The maximum absolute atomic E-state index is 12.2. The van der Waals surface area contributed by atoms with Crippen molar-refractivity contribution in [3.05, 3.63) is 57.8 Å². The number of rotatable bonds is 10. The number of hydrogen-bond acceptors (Lipinski definition) is 4. The molecule has 0 aliphatic rings. The number of thiophene rings is 1. The van der Waals surface area contributed by atoms with Crippen LogP contribution in [0.5, 0.6) is 0 Å². The lowest BCUT2D eigenvalue weighted by Gasteiger charge is -2.19. The van der Waals surface area contributed by atoms with Crippen molar-refractivity contribution < 1.29 is 9.59 Å². The fourth-order valence-electron chi connectivity index (χ4n) is 2.96. The van der Waals surface area contributed by atoms with Gasteiger partial charge >= 0.3 is 0 Å². The Morgan fingerprint density at radius 1 is 0.964 bits per heavy atom. The normalized spacial score (nSPS) is 12.2. The first-order valence-corrected chi connectivity index (χ1v) is 10.6. The SMILES string of the molecule is CC(C)Cc1ccc([C@@H](NCC(=O)NCC(=O)NC(C)C)c2cccs2)cc1. The van der Waals surface area contributed by atoms with Crippen LogP contribution in [0.25, 0.3) is 0 Å². The van der Waals surface area contributed by atoms with Crippen molar-refractivity contribution >= 4 is 23.2 Å². The Labute approximate surface area is 171 Å². The summed E-state index contributed by atoms with van der Waals surface area (Å²) in [5.74, 6) is 0.240. The van der Waals surface area contributed by atoms with Crippen LogP contribution in [-0.2, 0) is 16.0 Å². The maximum atomic E-state index is 12.2. The summed E-state index contributed by atoms with van der Waals surface area (Å²) in [7, 11) is 0. The predicted molar refractivity (Wildman–Crippen MR) is 115 cm³/mol. The van der Waals surface area contributed by atoms with Crippen LogP contribution in [0.3, 0.4) is 0 Å². The van der Waals surface area contributed by atoms with E-state index in [0.717, 1.165) is 16.9 Å². The predicted octanol–water partition coefficient (Wildman–Crippen LogP) is 3.27. The van der Waals surface area contributed by atoms with Gasteiger partial charge in [0.1, 0.15) is 0 Å². The van der Waals surface area contributed by atoms with Crippen LogP contribution >= 0.6 is 11.3 Å². The van der Waals surface area contributed by atoms with Crippen molar-refractivity contribution in [2.45, 2.75) is 46.2 Å². The summed E-state index contributed by atoms with van der Waals surface area (Å²) in [5.41, 5.74) is 2.44. The second-order valence-electron chi connectivity index (χ2n) is 7.67. The fourth-order valence-corrected chi connectivity index (χ4v) is 3.79. The Balaban J connectivity index is 1.97. The minimum atomic E-state index is -0.197. The summed E-state index contributed by atoms with van der Waals surface area (Å²) >= 11 is 1.66.